The lowest BCUT2D eigenvalue weighted by atomic mass is 10.1. The third-order valence-electron chi connectivity index (χ3n) is 4.49. The van der Waals surface area contributed by atoms with Gasteiger partial charge >= 0.3 is 0 Å². The van der Waals surface area contributed by atoms with E-state index in [2.05, 4.69) is 10.0 Å². The molecule has 0 amide bonds. The Morgan fingerprint density at radius 3 is 1.96 bits per heavy atom. The highest BCUT2D eigenvalue weighted by Gasteiger charge is 2.15. The van der Waals surface area contributed by atoms with E-state index in [9.17, 15) is 12.8 Å². The van der Waals surface area contributed by atoms with Crippen molar-refractivity contribution in [3.05, 3.63) is 54.3 Å². The predicted molar refractivity (Wildman–Crippen MR) is 98.8 cm³/mol. The van der Waals surface area contributed by atoms with Crippen LogP contribution in [0.2, 0.25) is 0 Å². The molecule has 6 heteroatoms. The molecule has 134 valence electrons. The van der Waals surface area contributed by atoms with Gasteiger partial charge in [-0.05, 0) is 61.4 Å². The number of hydrogen-bond donors (Lipinski definition) is 2. The van der Waals surface area contributed by atoms with Crippen LogP contribution in [0.3, 0.4) is 0 Å². The van der Waals surface area contributed by atoms with Crippen LogP contribution in [0, 0.1) is 5.82 Å². The number of rotatable bonds is 5. The molecule has 2 aromatic rings. The summed E-state index contributed by atoms with van der Waals surface area (Å²) in [7, 11) is -3.71. The summed E-state index contributed by atoms with van der Waals surface area (Å²) in [6, 6.07) is 12.5. The fourth-order valence-corrected chi connectivity index (χ4v) is 4.18. The summed E-state index contributed by atoms with van der Waals surface area (Å²) in [6.45, 7) is 0. The Hall–Kier alpha value is -2.08. The van der Waals surface area contributed by atoms with E-state index in [1.54, 1.807) is 12.1 Å². The van der Waals surface area contributed by atoms with Gasteiger partial charge in [0.1, 0.15) is 5.82 Å². The second kappa shape index (κ2) is 7.87. The average Bonchev–Trinajstić information content (AvgIpc) is 2.85. The molecule has 3 rings (SSSR count). The molecule has 0 atom stereocenters. The van der Waals surface area contributed by atoms with E-state index in [0.717, 1.165) is 17.8 Å². The number of hydrogen-bond acceptors (Lipinski definition) is 3. The fraction of sp³-hybridized carbons (Fsp3) is 0.368. The van der Waals surface area contributed by atoms with Gasteiger partial charge in [0.25, 0.3) is 10.0 Å². The third-order valence-corrected chi connectivity index (χ3v) is 5.88. The highest BCUT2D eigenvalue weighted by Crippen LogP contribution is 2.23. The first kappa shape index (κ1) is 17.7. The summed E-state index contributed by atoms with van der Waals surface area (Å²) in [5.74, 6) is -0.465. The van der Waals surface area contributed by atoms with Crippen LogP contribution in [0.4, 0.5) is 15.8 Å². The van der Waals surface area contributed by atoms with Gasteiger partial charge in [0.15, 0.2) is 0 Å². The average molecular weight is 362 g/mol. The molecule has 2 N–H and O–H groups in total. The Morgan fingerprint density at radius 1 is 0.800 bits per heavy atom. The van der Waals surface area contributed by atoms with E-state index < -0.39 is 15.8 Å². The maximum absolute atomic E-state index is 12.9. The van der Waals surface area contributed by atoms with Crippen LogP contribution in [-0.2, 0) is 10.0 Å². The van der Waals surface area contributed by atoms with Gasteiger partial charge in [0.2, 0.25) is 0 Å². The number of sulfonamides is 1. The maximum atomic E-state index is 12.9. The molecule has 4 nitrogen and oxygen atoms in total. The largest absolute Gasteiger partial charge is 0.382 e. The first-order chi connectivity index (χ1) is 12.0. The molecule has 1 fully saturated rings. The molecule has 0 spiro atoms. The second-order valence-corrected chi connectivity index (χ2v) is 8.15. The lowest BCUT2D eigenvalue weighted by Crippen LogP contribution is -2.18. The predicted octanol–water partition coefficient (Wildman–Crippen LogP) is 4.76. The maximum Gasteiger partial charge on any atom is 0.261 e. The van der Waals surface area contributed by atoms with E-state index in [1.165, 1.54) is 50.7 Å². The summed E-state index contributed by atoms with van der Waals surface area (Å²) >= 11 is 0. The molecule has 0 radical (unpaired) electrons. The molecule has 0 aromatic heterocycles. The minimum atomic E-state index is -3.71. The van der Waals surface area contributed by atoms with Crippen molar-refractivity contribution in [3.63, 3.8) is 0 Å². The minimum absolute atomic E-state index is 0.0366. The lowest BCUT2D eigenvalue weighted by molar-refractivity contribution is 0.599. The van der Waals surface area contributed by atoms with Crippen molar-refractivity contribution in [2.75, 3.05) is 10.0 Å². The van der Waals surface area contributed by atoms with Crippen molar-refractivity contribution >= 4 is 21.4 Å². The zero-order chi connectivity index (χ0) is 17.7. The Labute approximate surface area is 148 Å². The molecule has 1 aliphatic carbocycles. The van der Waals surface area contributed by atoms with E-state index in [-0.39, 0.29) is 4.90 Å². The first-order valence-electron chi connectivity index (χ1n) is 8.68. The molecule has 0 heterocycles. The zero-order valence-corrected chi connectivity index (χ0v) is 14.9. The third kappa shape index (κ3) is 4.95. The number of nitrogens with one attached hydrogen (secondary N) is 2. The Morgan fingerprint density at radius 2 is 1.36 bits per heavy atom. The smallest absolute Gasteiger partial charge is 0.261 e. The van der Waals surface area contributed by atoms with Crippen LogP contribution >= 0.6 is 0 Å². The van der Waals surface area contributed by atoms with Gasteiger partial charge < -0.3 is 5.32 Å². The van der Waals surface area contributed by atoms with Crippen LogP contribution in [0.25, 0.3) is 0 Å². The first-order valence-corrected chi connectivity index (χ1v) is 10.2. The van der Waals surface area contributed by atoms with Crippen LogP contribution in [0.1, 0.15) is 38.5 Å². The highest BCUT2D eigenvalue weighted by atomic mass is 32.2. The monoisotopic (exact) mass is 362 g/mol. The molecule has 0 bridgehead atoms. The Kier molecular flexibility index (Phi) is 5.58. The van der Waals surface area contributed by atoms with Crippen molar-refractivity contribution in [1.29, 1.82) is 0 Å². The molecule has 2 aromatic carbocycles. The second-order valence-electron chi connectivity index (χ2n) is 6.47. The van der Waals surface area contributed by atoms with Gasteiger partial charge in [-0.3, -0.25) is 4.72 Å². The molecule has 0 aliphatic heterocycles. The van der Waals surface area contributed by atoms with Crippen molar-refractivity contribution in [3.8, 4) is 0 Å². The van der Waals surface area contributed by atoms with Crippen LogP contribution in [0.15, 0.2) is 53.4 Å². The fourth-order valence-electron chi connectivity index (χ4n) is 3.12. The molecular formula is C19H23FN2O2S. The molecule has 0 saturated heterocycles. The SMILES string of the molecule is O=S(=O)(Nc1ccc(NC2CCCCCC2)cc1)c1ccc(F)cc1. The summed E-state index contributed by atoms with van der Waals surface area (Å²) in [6.07, 6.45) is 7.49. The number of benzene rings is 2. The Balaban J connectivity index is 1.64. The lowest BCUT2D eigenvalue weighted by Gasteiger charge is -2.18. The number of anilines is 2. The summed E-state index contributed by atoms with van der Waals surface area (Å²) in [5.41, 5.74) is 1.48. The van der Waals surface area contributed by atoms with Crippen molar-refractivity contribution in [2.45, 2.75) is 49.5 Å². The molecule has 0 unspecified atom stereocenters. The van der Waals surface area contributed by atoms with E-state index in [1.807, 2.05) is 12.1 Å². The van der Waals surface area contributed by atoms with Crippen LogP contribution < -0.4 is 10.0 Å². The zero-order valence-electron chi connectivity index (χ0n) is 14.0. The van der Waals surface area contributed by atoms with Gasteiger partial charge in [0.05, 0.1) is 4.90 Å². The van der Waals surface area contributed by atoms with Crippen LogP contribution in [0.5, 0.6) is 0 Å². The standard InChI is InChI=1S/C19H23FN2O2S/c20-15-7-13-19(14-8-15)25(23,24)22-18-11-9-17(10-12-18)21-16-5-3-1-2-4-6-16/h7-14,16,21-22H,1-6H2. The molecule has 1 saturated carbocycles. The highest BCUT2D eigenvalue weighted by molar-refractivity contribution is 7.92. The van der Waals surface area contributed by atoms with Crippen molar-refractivity contribution in [2.24, 2.45) is 0 Å². The van der Waals surface area contributed by atoms with Gasteiger partial charge in [-0.2, -0.15) is 0 Å². The quantitative estimate of drug-likeness (QED) is 0.754. The van der Waals surface area contributed by atoms with Crippen LogP contribution in [-0.4, -0.2) is 14.5 Å². The van der Waals surface area contributed by atoms with E-state index in [4.69, 9.17) is 0 Å². The number of halogens is 1. The van der Waals surface area contributed by atoms with Crippen molar-refractivity contribution in [1.82, 2.24) is 0 Å². The van der Waals surface area contributed by atoms with E-state index in [0.29, 0.717) is 11.7 Å². The molecule has 25 heavy (non-hydrogen) atoms. The van der Waals surface area contributed by atoms with Crippen molar-refractivity contribution < 1.29 is 12.8 Å². The summed E-state index contributed by atoms with van der Waals surface area (Å²) < 4.78 is 40.1. The minimum Gasteiger partial charge on any atom is -0.382 e. The van der Waals surface area contributed by atoms with Gasteiger partial charge in [-0.15, -0.1) is 0 Å². The molecular weight excluding hydrogens is 339 g/mol. The summed E-state index contributed by atoms with van der Waals surface area (Å²) in [4.78, 5) is 0.0366. The van der Waals surface area contributed by atoms with Gasteiger partial charge in [-0.1, -0.05) is 25.7 Å². The van der Waals surface area contributed by atoms with E-state index >= 15 is 0 Å². The van der Waals surface area contributed by atoms with Gasteiger partial charge in [0, 0.05) is 17.4 Å². The normalized spacial score (nSPS) is 16.2. The summed E-state index contributed by atoms with van der Waals surface area (Å²) in [5, 5.41) is 3.53. The van der Waals surface area contributed by atoms with Gasteiger partial charge in [-0.25, -0.2) is 12.8 Å². The topological polar surface area (TPSA) is 58.2 Å². The Bertz CT molecular complexity index is 781. The molecule has 1 aliphatic rings.